The minimum Gasteiger partial charge on any atom is -0.481 e. The molecule has 0 radical (unpaired) electrons. The summed E-state index contributed by atoms with van der Waals surface area (Å²) in [6.07, 6.45) is 1.19. The van der Waals surface area contributed by atoms with Crippen molar-refractivity contribution in [3.05, 3.63) is 63.8 Å². The molecule has 0 aliphatic heterocycles. The highest BCUT2D eigenvalue weighted by atomic mass is 16.6. The van der Waals surface area contributed by atoms with Crippen LogP contribution < -0.4 is 4.90 Å². The second-order valence-electron chi connectivity index (χ2n) is 5.68. The van der Waals surface area contributed by atoms with Crippen molar-refractivity contribution in [2.75, 3.05) is 11.4 Å². The summed E-state index contributed by atoms with van der Waals surface area (Å²) < 4.78 is 0. The van der Waals surface area contributed by atoms with Gasteiger partial charge in [-0.3, -0.25) is 14.9 Å². The van der Waals surface area contributed by atoms with Gasteiger partial charge >= 0.3 is 5.97 Å². The Labute approximate surface area is 139 Å². The third-order valence-electron chi connectivity index (χ3n) is 3.81. The van der Waals surface area contributed by atoms with Crippen molar-refractivity contribution in [2.24, 2.45) is 5.92 Å². The van der Waals surface area contributed by atoms with Gasteiger partial charge < -0.3 is 10.0 Å². The lowest BCUT2D eigenvalue weighted by molar-refractivity contribution is -0.385. The van der Waals surface area contributed by atoms with E-state index in [0.29, 0.717) is 12.4 Å². The fourth-order valence-corrected chi connectivity index (χ4v) is 2.31. The zero-order valence-corrected chi connectivity index (χ0v) is 13.5. The van der Waals surface area contributed by atoms with Crippen molar-refractivity contribution in [1.29, 1.82) is 0 Å². The predicted octanol–water partition coefficient (Wildman–Crippen LogP) is 3.03. The lowest BCUT2D eigenvalue weighted by atomic mass is 10.1. The number of carboxylic acids is 1. The van der Waals surface area contributed by atoms with Gasteiger partial charge in [0.25, 0.3) is 5.69 Å². The Morgan fingerprint density at radius 1 is 1.33 bits per heavy atom. The van der Waals surface area contributed by atoms with E-state index in [-0.39, 0.29) is 12.2 Å². The van der Waals surface area contributed by atoms with Gasteiger partial charge in [-0.2, -0.15) is 0 Å². The molecule has 7 nitrogen and oxygen atoms in total. The van der Waals surface area contributed by atoms with Gasteiger partial charge in [-0.1, -0.05) is 31.2 Å². The standard InChI is InChI=1S/C17H19N3O4/c1-12-5-3-4-6-14(12)11-19(10-13(2)17(21)22)16-8-7-15(9-18-16)20(23)24/h3-9,13H,10-11H2,1-2H3,(H,21,22). The number of nitrogens with zero attached hydrogens (tertiary/aromatic N) is 3. The van der Waals surface area contributed by atoms with Crippen molar-refractivity contribution in [2.45, 2.75) is 20.4 Å². The zero-order valence-electron chi connectivity index (χ0n) is 13.5. The largest absolute Gasteiger partial charge is 0.481 e. The second-order valence-corrected chi connectivity index (χ2v) is 5.68. The normalized spacial score (nSPS) is 11.8. The highest BCUT2D eigenvalue weighted by Gasteiger charge is 2.19. The maximum absolute atomic E-state index is 11.2. The number of carbonyl (C=O) groups is 1. The first kappa shape index (κ1) is 17.4. The number of aromatic nitrogens is 1. The maximum atomic E-state index is 11.2. The zero-order chi connectivity index (χ0) is 17.7. The van der Waals surface area contributed by atoms with Crippen LogP contribution in [0.3, 0.4) is 0 Å². The number of rotatable bonds is 7. The van der Waals surface area contributed by atoms with Gasteiger partial charge in [0.1, 0.15) is 12.0 Å². The molecule has 7 heteroatoms. The summed E-state index contributed by atoms with van der Waals surface area (Å²) in [5, 5.41) is 19.9. The quantitative estimate of drug-likeness (QED) is 0.619. The molecule has 1 N–H and O–H groups in total. The van der Waals surface area contributed by atoms with Crippen LogP contribution in [-0.4, -0.2) is 27.5 Å². The predicted molar refractivity (Wildman–Crippen MR) is 89.9 cm³/mol. The number of nitro groups is 1. The van der Waals surface area contributed by atoms with Gasteiger partial charge in [0.05, 0.1) is 10.8 Å². The monoisotopic (exact) mass is 329 g/mol. The SMILES string of the molecule is Cc1ccccc1CN(CC(C)C(=O)O)c1ccc([N+](=O)[O-])cn1. The molecule has 2 rings (SSSR count). The smallest absolute Gasteiger partial charge is 0.308 e. The highest BCUT2D eigenvalue weighted by molar-refractivity contribution is 5.70. The molecule has 1 atom stereocenters. The van der Waals surface area contributed by atoms with Crippen LogP contribution in [0.1, 0.15) is 18.1 Å². The Morgan fingerprint density at radius 2 is 2.04 bits per heavy atom. The molecule has 0 aliphatic rings. The fraction of sp³-hybridized carbons (Fsp3) is 0.294. The number of benzene rings is 1. The molecule has 0 spiro atoms. The summed E-state index contributed by atoms with van der Waals surface area (Å²) in [6, 6.07) is 10.7. The lowest BCUT2D eigenvalue weighted by Crippen LogP contribution is -2.32. The maximum Gasteiger partial charge on any atom is 0.308 e. The van der Waals surface area contributed by atoms with E-state index in [0.717, 1.165) is 11.1 Å². The number of carboxylic acid groups (broad SMARTS) is 1. The summed E-state index contributed by atoms with van der Waals surface area (Å²) in [4.78, 5) is 27.4. The number of aryl methyl sites for hydroxylation is 1. The molecule has 0 aliphatic carbocycles. The molecule has 1 aromatic carbocycles. The van der Waals surface area contributed by atoms with Gasteiger partial charge in [0.15, 0.2) is 0 Å². The Kier molecular flexibility index (Phi) is 5.47. The van der Waals surface area contributed by atoms with Crippen LogP contribution in [0.5, 0.6) is 0 Å². The number of anilines is 1. The molecular weight excluding hydrogens is 310 g/mol. The lowest BCUT2D eigenvalue weighted by Gasteiger charge is -2.26. The van der Waals surface area contributed by atoms with Crippen molar-refractivity contribution in [3.63, 3.8) is 0 Å². The number of hydrogen-bond donors (Lipinski definition) is 1. The van der Waals surface area contributed by atoms with Crippen molar-refractivity contribution < 1.29 is 14.8 Å². The van der Waals surface area contributed by atoms with E-state index in [9.17, 15) is 20.0 Å². The van der Waals surface area contributed by atoms with E-state index in [4.69, 9.17) is 0 Å². The number of hydrogen-bond acceptors (Lipinski definition) is 5. The molecule has 1 aromatic heterocycles. The minimum atomic E-state index is -0.897. The van der Waals surface area contributed by atoms with Crippen LogP contribution >= 0.6 is 0 Å². The molecule has 126 valence electrons. The molecule has 2 aromatic rings. The molecule has 1 unspecified atom stereocenters. The Bertz CT molecular complexity index is 731. The van der Waals surface area contributed by atoms with Gasteiger partial charge in [0, 0.05) is 19.2 Å². The summed E-state index contributed by atoms with van der Waals surface area (Å²) in [7, 11) is 0. The summed E-state index contributed by atoms with van der Waals surface area (Å²) in [6.45, 7) is 4.35. The van der Waals surface area contributed by atoms with Crippen LogP contribution in [0.15, 0.2) is 42.6 Å². The van der Waals surface area contributed by atoms with Gasteiger partial charge in [-0.25, -0.2) is 4.98 Å². The average molecular weight is 329 g/mol. The summed E-state index contributed by atoms with van der Waals surface area (Å²) in [5.41, 5.74) is 2.04. The first-order chi connectivity index (χ1) is 11.4. The van der Waals surface area contributed by atoms with E-state index < -0.39 is 16.8 Å². The van der Waals surface area contributed by atoms with Crippen molar-refractivity contribution >= 4 is 17.5 Å². The van der Waals surface area contributed by atoms with Crippen LogP contribution in [0.4, 0.5) is 11.5 Å². The molecule has 0 fully saturated rings. The van der Waals surface area contributed by atoms with Gasteiger partial charge in [-0.05, 0) is 24.1 Å². The molecule has 0 saturated carbocycles. The molecule has 1 heterocycles. The third-order valence-corrected chi connectivity index (χ3v) is 3.81. The van der Waals surface area contributed by atoms with E-state index in [2.05, 4.69) is 4.98 Å². The van der Waals surface area contributed by atoms with Crippen LogP contribution in [0.25, 0.3) is 0 Å². The molecular formula is C17H19N3O4. The molecule has 0 amide bonds. The second kappa shape index (κ2) is 7.54. The Hall–Kier alpha value is -2.96. The van der Waals surface area contributed by atoms with Crippen LogP contribution in [-0.2, 0) is 11.3 Å². The summed E-state index contributed by atoms with van der Waals surface area (Å²) >= 11 is 0. The fourth-order valence-electron chi connectivity index (χ4n) is 2.31. The van der Waals surface area contributed by atoms with E-state index in [1.165, 1.54) is 12.3 Å². The average Bonchev–Trinajstić information content (AvgIpc) is 2.56. The van der Waals surface area contributed by atoms with Crippen LogP contribution in [0.2, 0.25) is 0 Å². The van der Waals surface area contributed by atoms with Crippen molar-refractivity contribution in [3.8, 4) is 0 Å². The third kappa shape index (κ3) is 4.28. The minimum absolute atomic E-state index is 0.0964. The van der Waals surface area contributed by atoms with Crippen LogP contribution in [0, 0.1) is 23.0 Å². The van der Waals surface area contributed by atoms with E-state index >= 15 is 0 Å². The molecule has 24 heavy (non-hydrogen) atoms. The van der Waals surface area contributed by atoms with Gasteiger partial charge in [-0.15, -0.1) is 0 Å². The first-order valence-electron chi connectivity index (χ1n) is 7.51. The van der Waals surface area contributed by atoms with E-state index in [1.54, 1.807) is 13.0 Å². The highest BCUT2D eigenvalue weighted by Crippen LogP contribution is 2.20. The Balaban J connectivity index is 2.29. The molecule has 0 saturated heterocycles. The van der Waals surface area contributed by atoms with Crippen molar-refractivity contribution in [1.82, 2.24) is 4.98 Å². The number of pyridine rings is 1. The number of aliphatic carboxylic acids is 1. The van der Waals surface area contributed by atoms with Gasteiger partial charge in [0.2, 0.25) is 0 Å². The topological polar surface area (TPSA) is 96.6 Å². The van der Waals surface area contributed by atoms with E-state index in [1.807, 2.05) is 36.1 Å². The summed E-state index contributed by atoms with van der Waals surface area (Å²) in [5.74, 6) is -0.977. The Morgan fingerprint density at radius 3 is 2.58 bits per heavy atom. The molecule has 0 bridgehead atoms. The first-order valence-corrected chi connectivity index (χ1v) is 7.51.